The molecule has 9 nitrogen and oxygen atoms in total. The number of carboxylic acid groups (broad SMARTS) is 2. The molecule has 0 fully saturated rings. The van der Waals surface area contributed by atoms with Crippen LogP contribution in [0.3, 0.4) is 0 Å². The average Bonchev–Trinajstić information content (AvgIpc) is 2.26. The Morgan fingerprint density at radius 1 is 0.889 bits per heavy atom. The van der Waals surface area contributed by atoms with E-state index in [1.165, 1.54) is 0 Å². The maximum absolute atomic E-state index is 11.0. The predicted molar refractivity (Wildman–Crippen MR) is 55.2 cm³/mol. The Kier molecular flexibility index (Phi) is 3.27. The molecule has 0 aliphatic rings. The summed E-state index contributed by atoms with van der Waals surface area (Å²) in [6.07, 6.45) is 0. The number of pyridine rings is 1. The van der Waals surface area contributed by atoms with E-state index >= 15 is 0 Å². The van der Waals surface area contributed by atoms with E-state index in [1.807, 2.05) is 0 Å². The molecule has 2 amide bonds. The van der Waals surface area contributed by atoms with Crippen molar-refractivity contribution in [3.63, 3.8) is 0 Å². The number of primary amides is 2. The number of nitrogens with two attached hydrogens (primary N) is 2. The van der Waals surface area contributed by atoms with Crippen molar-refractivity contribution < 1.29 is 29.4 Å². The first kappa shape index (κ1) is 13.1. The Bertz CT molecular complexity index is 482. The van der Waals surface area contributed by atoms with Crippen molar-refractivity contribution in [2.24, 2.45) is 11.5 Å². The zero-order chi connectivity index (χ0) is 14.0. The molecule has 1 aromatic rings. The third-order valence-corrected chi connectivity index (χ3v) is 1.95. The van der Waals surface area contributed by atoms with Gasteiger partial charge in [-0.15, -0.1) is 0 Å². The molecule has 0 radical (unpaired) electrons. The van der Waals surface area contributed by atoms with Crippen LogP contribution in [0.1, 0.15) is 41.7 Å². The Morgan fingerprint density at radius 3 is 1.44 bits per heavy atom. The highest BCUT2D eigenvalue weighted by Gasteiger charge is 2.25. The van der Waals surface area contributed by atoms with Gasteiger partial charge in [0.25, 0.3) is 11.8 Å². The van der Waals surface area contributed by atoms with Crippen molar-refractivity contribution in [1.29, 1.82) is 0 Å². The van der Waals surface area contributed by atoms with Crippen LogP contribution in [0.25, 0.3) is 0 Å². The minimum atomic E-state index is -1.60. The number of carbonyl (C=O) groups is 4. The topological polar surface area (TPSA) is 174 Å². The van der Waals surface area contributed by atoms with Crippen LogP contribution in [0, 0.1) is 0 Å². The van der Waals surface area contributed by atoms with Crippen molar-refractivity contribution in [3.8, 4) is 0 Å². The minimum Gasteiger partial charge on any atom is -0.478 e. The molecule has 1 heterocycles. The number of hydrogen-bond donors (Lipinski definition) is 4. The summed E-state index contributed by atoms with van der Waals surface area (Å²) in [6.45, 7) is 0. The van der Waals surface area contributed by atoms with E-state index in [0.29, 0.717) is 6.07 Å². The molecular weight excluding hydrogens is 246 g/mol. The van der Waals surface area contributed by atoms with Crippen LogP contribution >= 0.6 is 0 Å². The number of aromatic carboxylic acids is 2. The van der Waals surface area contributed by atoms with Gasteiger partial charge in [-0.1, -0.05) is 0 Å². The van der Waals surface area contributed by atoms with Gasteiger partial charge in [0, 0.05) is 0 Å². The quantitative estimate of drug-likeness (QED) is 0.514. The fourth-order valence-corrected chi connectivity index (χ4v) is 1.22. The molecule has 1 rings (SSSR count). The lowest BCUT2D eigenvalue weighted by molar-refractivity contribution is 0.0687. The lowest BCUT2D eigenvalue weighted by atomic mass is 10.1. The van der Waals surface area contributed by atoms with Crippen LogP contribution in [0.15, 0.2) is 6.07 Å². The second-order valence-corrected chi connectivity index (χ2v) is 3.12. The van der Waals surface area contributed by atoms with Crippen molar-refractivity contribution in [1.82, 2.24) is 4.98 Å². The molecule has 0 atom stereocenters. The molecule has 6 N–H and O–H groups in total. The first-order chi connectivity index (χ1) is 8.25. The summed E-state index contributed by atoms with van der Waals surface area (Å²) in [4.78, 5) is 46.9. The SMILES string of the molecule is NC(=O)c1nc(C(N)=O)c(C(=O)O)cc1C(=O)O. The Labute approximate surface area is 99.0 Å². The summed E-state index contributed by atoms with van der Waals surface area (Å²) >= 11 is 0. The van der Waals surface area contributed by atoms with Gasteiger partial charge in [-0.2, -0.15) is 0 Å². The maximum Gasteiger partial charge on any atom is 0.338 e. The lowest BCUT2D eigenvalue weighted by Gasteiger charge is -2.06. The van der Waals surface area contributed by atoms with Crippen LogP contribution in [-0.2, 0) is 0 Å². The highest BCUT2D eigenvalue weighted by atomic mass is 16.4. The van der Waals surface area contributed by atoms with Gasteiger partial charge in [-0.05, 0) is 6.07 Å². The third kappa shape index (κ3) is 2.24. The maximum atomic E-state index is 11.0. The van der Waals surface area contributed by atoms with Crippen molar-refractivity contribution in [2.75, 3.05) is 0 Å². The molecule has 18 heavy (non-hydrogen) atoms. The molecule has 0 saturated carbocycles. The average molecular weight is 253 g/mol. The fourth-order valence-electron chi connectivity index (χ4n) is 1.22. The molecule has 1 aromatic heterocycles. The molecule has 94 valence electrons. The zero-order valence-electron chi connectivity index (χ0n) is 8.71. The largest absolute Gasteiger partial charge is 0.478 e. The lowest BCUT2D eigenvalue weighted by Crippen LogP contribution is -2.25. The van der Waals surface area contributed by atoms with Gasteiger partial charge in [-0.3, -0.25) is 9.59 Å². The number of rotatable bonds is 4. The van der Waals surface area contributed by atoms with E-state index in [9.17, 15) is 19.2 Å². The predicted octanol–water partition coefficient (Wildman–Crippen LogP) is -1.32. The normalized spacial score (nSPS) is 9.78. The summed E-state index contributed by atoms with van der Waals surface area (Å²) in [7, 11) is 0. The van der Waals surface area contributed by atoms with Crippen LogP contribution in [0.2, 0.25) is 0 Å². The van der Waals surface area contributed by atoms with E-state index in [2.05, 4.69) is 4.98 Å². The summed E-state index contributed by atoms with van der Waals surface area (Å²) in [5.74, 6) is -5.64. The van der Waals surface area contributed by atoms with Crippen molar-refractivity contribution in [2.45, 2.75) is 0 Å². The summed E-state index contributed by atoms with van der Waals surface area (Å²) in [5, 5.41) is 17.6. The van der Waals surface area contributed by atoms with Crippen LogP contribution < -0.4 is 11.5 Å². The first-order valence-corrected chi connectivity index (χ1v) is 4.37. The van der Waals surface area contributed by atoms with Crippen LogP contribution in [0.4, 0.5) is 0 Å². The molecule has 0 spiro atoms. The molecule has 0 unspecified atom stereocenters. The molecule has 9 heteroatoms. The molecule has 0 aliphatic heterocycles. The van der Waals surface area contributed by atoms with Crippen LogP contribution in [0.5, 0.6) is 0 Å². The molecule has 0 aliphatic carbocycles. The zero-order valence-corrected chi connectivity index (χ0v) is 8.71. The van der Waals surface area contributed by atoms with Crippen LogP contribution in [-0.4, -0.2) is 39.0 Å². The summed E-state index contributed by atoms with van der Waals surface area (Å²) in [6, 6.07) is 0.609. The first-order valence-electron chi connectivity index (χ1n) is 4.37. The van der Waals surface area contributed by atoms with Gasteiger partial charge in [0.1, 0.15) is 11.4 Å². The third-order valence-electron chi connectivity index (χ3n) is 1.95. The highest BCUT2D eigenvalue weighted by Crippen LogP contribution is 2.14. The van der Waals surface area contributed by atoms with Crippen molar-refractivity contribution in [3.05, 3.63) is 28.6 Å². The van der Waals surface area contributed by atoms with E-state index in [-0.39, 0.29) is 0 Å². The molecule has 0 aromatic carbocycles. The van der Waals surface area contributed by atoms with E-state index in [1.54, 1.807) is 0 Å². The Morgan fingerprint density at radius 2 is 1.22 bits per heavy atom. The fraction of sp³-hybridized carbons (Fsp3) is 0. The Hall–Kier alpha value is -2.97. The van der Waals surface area contributed by atoms with Gasteiger partial charge in [0.15, 0.2) is 0 Å². The van der Waals surface area contributed by atoms with E-state index < -0.39 is 46.3 Å². The van der Waals surface area contributed by atoms with Gasteiger partial charge < -0.3 is 21.7 Å². The highest BCUT2D eigenvalue weighted by molar-refractivity contribution is 6.08. The van der Waals surface area contributed by atoms with Crippen molar-refractivity contribution >= 4 is 23.8 Å². The standard InChI is InChI=1S/C9H7N3O6/c10-6(13)4-2(8(15)16)1-3(9(17)18)5(12-4)7(11)14/h1H,(H2,10,13)(H2,11,14)(H,15,16)(H,17,18). The molecular formula is C9H7N3O6. The number of aromatic nitrogens is 1. The second kappa shape index (κ2) is 4.49. The summed E-state index contributed by atoms with van der Waals surface area (Å²) < 4.78 is 0. The number of carboxylic acids is 2. The number of carbonyl (C=O) groups excluding carboxylic acids is 2. The Balaban J connectivity index is 3.71. The van der Waals surface area contributed by atoms with Gasteiger partial charge in [-0.25, -0.2) is 14.6 Å². The number of amides is 2. The number of hydrogen-bond acceptors (Lipinski definition) is 5. The molecule has 0 bridgehead atoms. The molecule has 0 saturated heterocycles. The number of nitrogens with zero attached hydrogens (tertiary/aromatic N) is 1. The van der Waals surface area contributed by atoms with Gasteiger partial charge in [0.05, 0.1) is 11.1 Å². The van der Waals surface area contributed by atoms with Gasteiger partial charge in [0.2, 0.25) is 0 Å². The minimum absolute atomic E-state index is 0.609. The van der Waals surface area contributed by atoms with Gasteiger partial charge >= 0.3 is 11.9 Å². The summed E-state index contributed by atoms with van der Waals surface area (Å²) in [5.41, 5.74) is 6.86. The smallest absolute Gasteiger partial charge is 0.338 e. The monoisotopic (exact) mass is 253 g/mol. The van der Waals surface area contributed by atoms with E-state index in [0.717, 1.165) is 0 Å². The second-order valence-electron chi connectivity index (χ2n) is 3.12. The van der Waals surface area contributed by atoms with E-state index in [4.69, 9.17) is 21.7 Å².